The highest BCUT2D eigenvalue weighted by Gasteiger charge is 2.22. The summed E-state index contributed by atoms with van der Waals surface area (Å²) in [6.45, 7) is 2.25. The molecule has 2 aromatic rings. The van der Waals surface area contributed by atoms with E-state index in [1.54, 1.807) is 0 Å². The van der Waals surface area contributed by atoms with Crippen LogP contribution >= 0.6 is 11.8 Å². The zero-order valence-electron chi connectivity index (χ0n) is 10.6. The summed E-state index contributed by atoms with van der Waals surface area (Å²) in [7, 11) is 0. The first-order valence-electron chi connectivity index (χ1n) is 5.95. The summed E-state index contributed by atoms with van der Waals surface area (Å²) in [5, 5.41) is 2.02. The molecule has 2 nitrogen and oxygen atoms in total. The van der Waals surface area contributed by atoms with Gasteiger partial charge in [-0.15, -0.1) is 11.8 Å². The van der Waals surface area contributed by atoms with Crippen LogP contribution in [0.15, 0.2) is 42.5 Å². The van der Waals surface area contributed by atoms with Gasteiger partial charge >= 0.3 is 5.97 Å². The maximum absolute atomic E-state index is 12.0. The van der Waals surface area contributed by atoms with Crippen molar-refractivity contribution in [1.29, 1.82) is 0 Å². The molecule has 0 saturated heterocycles. The Bertz CT molecular complexity index is 546. The number of benzene rings is 2. The van der Waals surface area contributed by atoms with Gasteiger partial charge in [-0.3, -0.25) is 4.79 Å². The molecule has 3 heteroatoms. The summed E-state index contributed by atoms with van der Waals surface area (Å²) < 4.78 is 5.14. The Balaban J connectivity index is 2.48. The zero-order chi connectivity index (χ0) is 13.0. The van der Waals surface area contributed by atoms with Crippen LogP contribution in [0.2, 0.25) is 0 Å². The van der Waals surface area contributed by atoms with Crippen molar-refractivity contribution in [3.05, 3.63) is 48.0 Å². The van der Waals surface area contributed by atoms with E-state index in [2.05, 4.69) is 12.1 Å². The number of esters is 1. The molecule has 0 N–H and O–H groups in total. The molecule has 18 heavy (non-hydrogen) atoms. The Morgan fingerprint density at radius 3 is 2.67 bits per heavy atom. The van der Waals surface area contributed by atoms with Gasteiger partial charge in [-0.1, -0.05) is 42.5 Å². The van der Waals surface area contributed by atoms with Gasteiger partial charge in [0.25, 0.3) is 0 Å². The van der Waals surface area contributed by atoms with Crippen LogP contribution in [0.25, 0.3) is 10.8 Å². The van der Waals surface area contributed by atoms with Gasteiger partial charge in [0.1, 0.15) is 5.25 Å². The van der Waals surface area contributed by atoms with Crippen molar-refractivity contribution in [3.63, 3.8) is 0 Å². The van der Waals surface area contributed by atoms with Crippen molar-refractivity contribution in [2.24, 2.45) is 0 Å². The normalized spacial score (nSPS) is 12.3. The van der Waals surface area contributed by atoms with Crippen LogP contribution < -0.4 is 0 Å². The number of fused-ring (bicyclic) bond motifs is 1. The first-order chi connectivity index (χ1) is 8.77. The first kappa shape index (κ1) is 13.0. The van der Waals surface area contributed by atoms with Gasteiger partial charge in [0, 0.05) is 0 Å². The minimum absolute atomic E-state index is 0.165. The average Bonchev–Trinajstić information content (AvgIpc) is 2.40. The molecular weight excluding hydrogens is 244 g/mol. The van der Waals surface area contributed by atoms with Crippen LogP contribution in [0.4, 0.5) is 0 Å². The van der Waals surface area contributed by atoms with Crippen LogP contribution in [0.5, 0.6) is 0 Å². The van der Waals surface area contributed by atoms with E-state index < -0.39 is 0 Å². The third-order valence-corrected chi connectivity index (χ3v) is 3.76. The van der Waals surface area contributed by atoms with Crippen molar-refractivity contribution in [1.82, 2.24) is 0 Å². The third-order valence-electron chi connectivity index (χ3n) is 2.84. The van der Waals surface area contributed by atoms with Gasteiger partial charge in [-0.05, 0) is 29.5 Å². The number of thioether (sulfide) groups is 1. The Morgan fingerprint density at radius 1 is 1.22 bits per heavy atom. The van der Waals surface area contributed by atoms with E-state index >= 15 is 0 Å². The summed E-state index contributed by atoms with van der Waals surface area (Å²) >= 11 is 1.51. The fraction of sp³-hybridized carbons (Fsp3) is 0.267. The highest BCUT2D eigenvalue weighted by molar-refractivity contribution is 7.99. The molecule has 0 aliphatic heterocycles. The lowest BCUT2D eigenvalue weighted by Crippen LogP contribution is -2.13. The number of ether oxygens (including phenoxy) is 1. The molecule has 2 rings (SSSR count). The summed E-state index contributed by atoms with van der Waals surface area (Å²) in [4.78, 5) is 12.0. The minimum Gasteiger partial charge on any atom is -0.465 e. The third kappa shape index (κ3) is 2.51. The number of carbonyl (C=O) groups is 1. The van der Waals surface area contributed by atoms with Crippen molar-refractivity contribution in [2.75, 3.05) is 12.9 Å². The molecule has 0 fully saturated rings. The molecule has 0 aromatic heterocycles. The summed E-state index contributed by atoms with van der Waals surface area (Å²) in [6, 6.07) is 14.1. The predicted octanol–water partition coefficient (Wildman–Crippen LogP) is 3.81. The summed E-state index contributed by atoms with van der Waals surface area (Å²) in [5.41, 5.74) is 1.03. The van der Waals surface area contributed by atoms with Crippen molar-refractivity contribution in [2.45, 2.75) is 12.2 Å². The fourth-order valence-electron chi connectivity index (χ4n) is 2.05. The Morgan fingerprint density at radius 2 is 1.94 bits per heavy atom. The predicted molar refractivity (Wildman–Crippen MR) is 76.8 cm³/mol. The summed E-state index contributed by atoms with van der Waals surface area (Å²) in [5.74, 6) is -0.165. The van der Waals surface area contributed by atoms with Crippen molar-refractivity contribution in [3.8, 4) is 0 Å². The van der Waals surface area contributed by atoms with E-state index in [-0.39, 0.29) is 11.2 Å². The standard InChI is InChI=1S/C15H16O2S/c1-3-17-15(16)14(18-2)13-10-6-8-11-7-4-5-9-12(11)13/h4-10,14H,3H2,1-2H3. The minimum atomic E-state index is -0.254. The topological polar surface area (TPSA) is 26.3 Å². The number of hydrogen-bond acceptors (Lipinski definition) is 3. The number of hydrogen-bond donors (Lipinski definition) is 0. The highest BCUT2D eigenvalue weighted by atomic mass is 32.2. The number of rotatable bonds is 4. The lowest BCUT2D eigenvalue weighted by Gasteiger charge is -2.15. The SMILES string of the molecule is CCOC(=O)C(SC)c1cccc2ccccc12. The van der Waals surface area contributed by atoms with Crippen LogP contribution in [0.1, 0.15) is 17.7 Å². The summed E-state index contributed by atoms with van der Waals surface area (Å²) in [6.07, 6.45) is 1.93. The van der Waals surface area contributed by atoms with Crippen LogP contribution in [-0.2, 0) is 9.53 Å². The lowest BCUT2D eigenvalue weighted by atomic mass is 10.0. The van der Waals surface area contributed by atoms with Gasteiger partial charge in [-0.2, -0.15) is 0 Å². The molecule has 1 unspecified atom stereocenters. The highest BCUT2D eigenvalue weighted by Crippen LogP contribution is 2.33. The molecule has 0 aliphatic rings. The second-order valence-corrected chi connectivity index (χ2v) is 4.88. The van der Waals surface area contributed by atoms with Gasteiger partial charge in [0.15, 0.2) is 0 Å². The first-order valence-corrected chi connectivity index (χ1v) is 7.23. The molecule has 0 aliphatic carbocycles. The largest absolute Gasteiger partial charge is 0.465 e. The van der Waals surface area contributed by atoms with Gasteiger partial charge < -0.3 is 4.74 Å². The second kappa shape index (κ2) is 5.91. The lowest BCUT2D eigenvalue weighted by molar-refractivity contribution is -0.142. The smallest absolute Gasteiger partial charge is 0.323 e. The van der Waals surface area contributed by atoms with Crippen molar-refractivity contribution < 1.29 is 9.53 Å². The van der Waals surface area contributed by atoms with Gasteiger partial charge in [0.2, 0.25) is 0 Å². The fourth-order valence-corrected chi connectivity index (χ4v) is 2.77. The van der Waals surface area contributed by atoms with E-state index in [0.717, 1.165) is 16.3 Å². The van der Waals surface area contributed by atoms with Gasteiger partial charge in [0.05, 0.1) is 6.61 Å². The van der Waals surface area contributed by atoms with Crippen molar-refractivity contribution >= 4 is 28.5 Å². The van der Waals surface area contributed by atoms with E-state index in [9.17, 15) is 4.79 Å². The Kier molecular flexibility index (Phi) is 4.26. The van der Waals surface area contributed by atoms with E-state index in [4.69, 9.17) is 4.74 Å². The maximum atomic E-state index is 12.0. The van der Waals surface area contributed by atoms with E-state index in [0.29, 0.717) is 6.61 Å². The number of carbonyl (C=O) groups excluding carboxylic acids is 1. The molecule has 0 bridgehead atoms. The molecule has 0 saturated carbocycles. The zero-order valence-corrected chi connectivity index (χ0v) is 11.4. The molecule has 1 atom stereocenters. The van der Waals surface area contributed by atoms with E-state index in [1.807, 2.05) is 43.5 Å². The maximum Gasteiger partial charge on any atom is 0.323 e. The quantitative estimate of drug-likeness (QED) is 0.782. The molecule has 0 amide bonds. The van der Waals surface area contributed by atoms with Gasteiger partial charge in [-0.25, -0.2) is 0 Å². The van der Waals surface area contributed by atoms with Crippen LogP contribution in [-0.4, -0.2) is 18.8 Å². The van der Waals surface area contributed by atoms with E-state index in [1.165, 1.54) is 11.8 Å². The molecule has 0 heterocycles. The monoisotopic (exact) mass is 260 g/mol. The van der Waals surface area contributed by atoms with Crippen LogP contribution in [0.3, 0.4) is 0 Å². The average molecular weight is 260 g/mol. The Hall–Kier alpha value is -1.48. The molecule has 0 spiro atoms. The Labute approximate surface area is 111 Å². The van der Waals surface area contributed by atoms with Crippen LogP contribution in [0, 0.1) is 0 Å². The molecular formula is C15H16O2S. The molecule has 94 valence electrons. The molecule has 2 aromatic carbocycles. The molecule has 0 radical (unpaired) electrons. The second-order valence-electron chi connectivity index (χ2n) is 3.94.